The van der Waals surface area contributed by atoms with Gasteiger partial charge in [-0.1, -0.05) is 0 Å². The molecule has 9 N–H and O–H groups in total. The number of aliphatic hydroxyl groups excluding tert-OH is 6. The lowest BCUT2D eigenvalue weighted by Gasteiger charge is -2.45. The third-order valence-corrected chi connectivity index (χ3v) is 7.87. The van der Waals surface area contributed by atoms with Gasteiger partial charge in [0, 0.05) is 24.6 Å². The van der Waals surface area contributed by atoms with Gasteiger partial charge in [0.1, 0.15) is 66.1 Å². The second kappa shape index (κ2) is 14.1. The predicted octanol–water partition coefficient (Wildman–Crippen LogP) is -1.84. The second-order valence-electron chi connectivity index (χ2n) is 11.0. The van der Waals surface area contributed by atoms with Gasteiger partial charge in [0.2, 0.25) is 12.0 Å². The molecular weight excluding hydrogens is 648 g/mol. The fraction of sp³-hybridized carbons (Fsp3) is 0.467. The van der Waals surface area contributed by atoms with Crippen molar-refractivity contribution in [3.05, 3.63) is 40.6 Å². The standard InChI is InChI=1S/C30H34O18/c1-10(32)43-9-19-23(37)25(39)27(41)29(47-19)48-28-26(40)22(36)18(8-31)46-30(28)45-17-7-16-20(24(38)21(17)35)13(34)6-15(44-16)11-3-4-14(42-2)12(33)5-11/h3-7,18-19,22-23,25-31,33,35-41H,8-9H2,1-2H3/t18-,19-,22-,23-,25-,26+,27-,28-,29+,30-/m1/s1. The predicted molar refractivity (Wildman–Crippen MR) is 156 cm³/mol. The van der Waals surface area contributed by atoms with Crippen LogP contribution in [0.3, 0.4) is 0 Å². The van der Waals surface area contributed by atoms with Gasteiger partial charge in [0.15, 0.2) is 40.8 Å². The molecule has 1 aromatic heterocycles. The van der Waals surface area contributed by atoms with E-state index in [1.807, 2.05) is 0 Å². The van der Waals surface area contributed by atoms with Crippen molar-refractivity contribution in [1.29, 1.82) is 0 Å². The van der Waals surface area contributed by atoms with Crippen molar-refractivity contribution in [3.63, 3.8) is 0 Å². The molecule has 10 atom stereocenters. The minimum absolute atomic E-state index is 0.0667. The summed E-state index contributed by atoms with van der Waals surface area (Å²) in [5.74, 6) is -3.48. The van der Waals surface area contributed by atoms with Crippen molar-refractivity contribution in [2.45, 2.75) is 68.3 Å². The molecule has 18 nitrogen and oxygen atoms in total. The second-order valence-corrected chi connectivity index (χ2v) is 11.0. The maximum atomic E-state index is 13.0. The molecule has 0 aliphatic carbocycles. The highest BCUT2D eigenvalue weighted by atomic mass is 16.8. The van der Waals surface area contributed by atoms with Crippen LogP contribution in [0.5, 0.6) is 28.7 Å². The molecule has 3 heterocycles. The van der Waals surface area contributed by atoms with Gasteiger partial charge in [0.05, 0.1) is 13.7 Å². The van der Waals surface area contributed by atoms with Gasteiger partial charge in [-0.05, 0) is 18.2 Å². The first-order chi connectivity index (χ1) is 22.7. The number of carbonyl (C=O) groups excluding carboxylic acids is 1. The van der Waals surface area contributed by atoms with Gasteiger partial charge in [-0.25, -0.2) is 0 Å². The van der Waals surface area contributed by atoms with E-state index in [9.17, 15) is 55.5 Å². The Morgan fingerprint density at radius 1 is 0.833 bits per heavy atom. The summed E-state index contributed by atoms with van der Waals surface area (Å²) < 4.78 is 38.1. The molecule has 262 valence electrons. The Bertz CT molecular complexity index is 1690. The summed E-state index contributed by atoms with van der Waals surface area (Å²) in [6, 6.07) is 6.16. The zero-order valence-corrected chi connectivity index (χ0v) is 25.3. The molecule has 2 aliphatic rings. The summed E-state index contributed by atoms with van der Waals surface area (Å²) in [7, 11) is 1.34. The SMILES string of the molecule is COc1ccc(-c2cc(=O)c3c(O)c(O)c(O[C@@H]4O[C@H](CO)[C@@H](O)[C@H](O)[C@H]4O[C@@H]4O[C@H](COC(C)=O)[C@@H](O)[C@@H](O)[C@H]4O)cc3o2)cc1O. The molecule has 0 unspecified atom stereocenters. The van der Waals surface area contributed by atoms with E-state index in [1.54, 1.807) is 0 Å². The lowest BCUT2D eigenvalue weighted by molar-refractivity contribution is -0.358. The molecule has 0 bridgehead atoms. The fourth-order valence-electron chi connectivity index (χ4n) is 5.29. The molecule has 0 saturated carbocycles. The molecule has 18 heteroatoms. The Kier molecular flexibility index (Phi) is 10.3. The number of carbonyl (C=O) groups is 1. The average molecular weight is 683 g/mol. The van der Waals surface area contributed by atoms with Crippen molar-refractivity contribution in [2.24, 2.45) is 0 Å². The molecule has 2 aromatic carbocycles. The van der Waals surface area contributed by atoms with E-state index < -0.39 is 109 Å². The first kappa shape index (κ1) is 35.1. The summed E-state index contributed by atoms with van der Waals surface area (Å²) in [6.45, 7) is -0.321. The van der Waals surface area contributed by atoms with Crippen LogP contribution < -0.4 is 14.9 Å². The van der Waals surface area contributed by atoms with Gasteiger partial charge >= 0.3 is 5.97 Å². The topological polar surface area (TPSA) is 285 Å². The molecule has 48 heavy (non-hydrogen) atoms. The van der Waals surface area contributed by atoms with Crippen LogP contribution in [0, 0.1) is 0 Å². The number of esters is 1. The largest absolute Gasteiger partial charge is 0.504 e. The van der Waals surface area contributed by atoms with E-state index in [4.69, 9.17) is 32.8 Å². The van der Waals surface area contributed by atoms with Crippen molar-refractivity contribution in [1.82, 2.24) is 0 Å². The number of phenolic OH excluding ortho intramolecular Hbond substituents is 3. The number of rotatable bonds is 9. The maximum Gasteiger partial charge on any atom is 0.302 e. The van der Waals surface area contributed by atoms with Crippen LogP contribution in [0.2, 0.25) is 0 Å². The minimum Gasteiger partial charge on any atom is -0.504 e. The summed E-state index contributed by atoms with van der Waals surface area (Å²) in [6.07, 6.45) is -17.8. The van der Waals surface area contributed by atoms with Gasteiger partial charge < -0.3 is 78.8 Å². The molecule has 2 saturated heterocycles. The number of benzene rings is 2. The zero-order valence-electron chi connectivity index (χ0n) is 25.3. The highest BCUT2D eigenvalue weighted by molar-refractivity contribution is 5.89. The first-order valence-corrected chi connectivity index (χ1v) is 14.4. The van der Waals surface area contributed by atoms with Gasteiger partial charge in [-0.3, -0.25) is 9.59 Å². The molecule has 2 fully saturated rings. The molecule has 0 spiro atoms. The first-order valence-electron chi connectivity index (χ1n) is 14.4. The fourth-order valence-corrected chi connectivity index (χ4v) is 5.29. The summed E-state index contributed by atoms with van der Waals surface area (Å²) in [5.41, 5.74) is -0.871. The Morgan fingerprint density at radius 2 is 1.52 bits per heavy atom. The smallest absolute Gasteiger partial charge is 0.302 e. The number of hydrogen-bond acceptors (Lipinski definition) is 18. The third kappa shape index (κ3) is 6.70. The minimum atomic E-state index is -1.96. The lowest BCUT2D eigenvalue weighted by atomic mass is 9.97. The highest BCUT2D eigenvalue weighted by Crippen LogP contribution is 2.43. The van der Waals surface area contributed by atoms with Gasteiger partial charge in [-0.2, -0.15) is 0 Å². The maximum absolute atomic E-state index is 13.0. The lowest BCUT2D eigenvalue weighted by Crippen LogP contribution is -2.65. The number of phenols is 3. The van der Waals surface area contributed by atoms with Crippen LogP contribution in [0.1, 0.15) is 6.92 Å². The van der Waals surface area contributed by atoms with Crippen molar-refractivity contribution >= 4 is 16.9 Å². The van der Waals surface area contributed by atoms with E-state index in [0.29, 0.717) is 0 Å². The van der Waals surface area contributed by atoms with Crippen molar-refractivity contribution in [3.8, 4) is 40.1 Å². The van der Waals surface area contributed by atoms with Gasteiger partial charge in [-0.15, -0.1) is 0 Å². The molecule has 3 aromatic rings. The average Bonchev–Trinajstić information content (AvgIpc) is 3.05. The van der Waals surface area contributed by atoms with E-state index in [-0.39, 0.29) is 28.4 Å². The Labute approximate surface area is 270 Å². The van der Waals surface area contributed by atoms with E-state index in [1.165, 1.54) is 25.3 Å². The van der Waals surface area contributed by atoms with Crippen LogP contribution in [-0.4, -0.2) is 134 Å². The summed E-state index contributed by atoms with van der Waals surface area (Å²) >= 11 is 0. The summed E-state index contributed by atoms with van der Waals surface area (Å²) in [5, 5.41) is 93.8. The van der Waals surface area contributed by atoms with Crippen LogP contribution in [-0.2, 0) is 23.7 Å². The van der Waals surface area contributed by atoms with Crippen LogP contribution in [0.15, 0.2) is 39.5 Å². The number of aliphatic hydroxyl groups is 6. The number of methoxy groups -OCH3 is 1. The number of fused-ring (bicyclic) bond motifs is 1. The summed E-state index contributed by atoms with van der Waals surface area (Å²) in [4.78, 5) is 24.3. The van der Waals surface area contributed by atoms with E-state index in [2.05, 4.69) is 0 Å². The monoisotopic (exact) mass is 682 g/mol. The Morgan fingerprint density at radius 3 is 2.17 bits per heavy atom. The quantitative estimate of drug-likeness (QED) is 0.0885. The van der Waals surface area contributed by atoms with E-state index >= 15 is 0 Å². The van der Waals surface area contributed by atoms with Crippen LogP contribution in [0.4, 0.5) is 0 Å². The van der Waals surface area contributed by atoms with Crippen LogP contribution in [0.25, 0.3) is 22.3 Å². The Balaban J connectivity index is 1.49. The molecule has 0 amide bonds. The number of aromatic hydroxyl groups is 3. The zero-order chi connectivity index (χ0) is 35.0. The molecule has 2 aliphatic heterocycles. The van der Waals surface area contributed by atoms with Crippen molar-refractivity contribution < 1.29 is 83.6 Å². The Hall–Kier alpha value is -4.24. The van der Waals surface area contributed by atoms with Crippen LogP contribution >= 0.6 is 0 Å². The molecule has 0 radical (unpaired) electrons. The van der Waals surface area contributed by atoms with E-state index in [0.717, 1.165) is 19.1 Å². The third-order valence-electron chi connectivity index (χ3n) is 7.87. The van der Waals surface area contributed by atoms with Crippen molar-refractivity contribution in [2.75, 3.05) is 20.3 Å². The molecular formula is C30H34O18. The van der Waals surface area contributed by atoms with Gasteiger partial charge in [0.25, 0.3) is 0 Å². The normalized spacial score (nSPS) is 30.6. The number of ether oxygens (including phenoxy) is 6. The number of hydrogen-bond donors (Lipinski definition) is 9. The highest BCUT2D eigenvalue weighted by Gasteiger charge is 2.51. The molecule has 5 rings (SSSR count).